The lowest BCUT2D eigenvalue weighted by Gasteiger charge is -2.52. The number of hydrogen-bond donors (Lipinski definition) is 2. The molecule has 7 heteroatoms. The lowest BCUT2D eigenvalue weighted by Crippen LogP contribution is -2.52. The number of carbonyl (C=O) groups is 1. The normalized spacial score (nSPS) is 28.0. The van der Waals surface area contributed by atoms with Gasteiger partial charge in [0.15, 0.2) is 0 Å². The van der Waals surface area contributed by atoms with E-state index in [9.17, 15) is 9.18 Å². The zero-order chi connectivity index (χ0) is 23.2. The fraction of sp³-hybridized carbons (Fsp3) is 0.654. The Labute approximate surface area is 196 Å². The van der Waals surface area contributed by atoms with Crippen LogP contribution in [0.5, 0.6) is 5.75 Å². The number of halogens is 1. The monoisotopic (exact) mass is 460 g/mol. The van der Waals surface area contributed by atoms with Crippen LogP contribution >= 0.6 is 0 Å². The number of hydrogen-bond acceptors (Lipinski definition) is 5. The lowest BCUT2D eigenvalue weighted by molar-refractivity contribution is -0.138. The molecule has 1 aliphatic heterocycles. The summed E-state index contributed by atoms with van der Waals surface area (Å²) in [4.78, 5) is 13.0. The number of ether oxygens (including phenoxy) is 3. The van der Waals surface area contributed by atoms with Crippen molar-refractivity contribution in [3.63, 3.8) is 0 Å². The Kier molecular flexibility index (Phi) is 8.04. The Hall–Kier alpha value is -1.96. The Morgan fingerprint density at radius 3 is 2.39 bits per heavy atom. The highest BCUT2D eigenvalue weighted by atomic mass is 19.1. The highest BCUT2D eigenvalue weighted by Crippen LogP contribution is 2.57. The van der Waals surface area contributed by atoms with Crippen LogP contribution in [0.4, 0.5) is 4.39 Å². The van der Waals surface area contributed by atoms with Gasteiger partial charge in [0.2, 0.25) is 5.91 Å². The van der Waals surface area contributed by atoms with Crippen LogP contribution in [0.1, 0.15) is 56.9 Å². The molecule has 4 aliphatic rings. The summed E-state index contributed by atoms with van der Waals surface area (Å²) >= 11 is 0. The molecule has 1 aromatic rings. The van der Waals surface area contributed by atoms with E-state index in [0.717, 1.165) is 64.6 Å². The number of carbonyl (C=O) groups excluding carboxylic acids is 1. The summed E-state index contributed by atoms with van der Waals surface area (Å²) < 4.78 is 29.5. The summed E-state index contributed by atoms with van der Waals surface area (Å²) in [5, 5.41) is 3.15. The van der Waals surface area contributed by atoms with Crippen LogP contribution in [0.15, 0.2) is 36.2 Å². The predicted octanol–water partition coefficient (Wildman–Crippen LogP) is 3.78. The van der Waals surface area contributed by atoms with Gasteiger partial charge in [-0.25, -0.2) is 4.39 Å². The summed E-state index contributed by atoms with van der Waals surface area (Å²) in [6, 6.07) is 8.17. The molecule has 0 atom stereocenters. The maximum atomic E-state index is 13.0. The topological polar surface area (TPSA) is 82.8 Å². The summed E-state index contributed by atoms with van der Waals surface area (Å²) in [6.07, 6.45) is 8.53. The third kappa shape index (κ3) is 5.58. The smallest absolute Gasteiger partial charge is 0.226 e. The molecule has 33 heavy (non-hydrogen) atoms. The van der Waals surface area contributed by atoms with Crippen molar-refractivity contribution < 1.29 is 23.4 Å². The standard InChI is InChI=1S/C26H37FN2O4/c27-17-20(18-28)19-33-22-3-1-21(2-4-22)25-7-10-26(11-8-25,12-9-25)24(30)29-13-16-32-23-5-14-31-15-6-23/h1-4,17,23H,5-16,18-19,28H2,(H,29,30). The van der Waals surface area contributed by atoms with Crippen molar-refractivity contribution in [3.05, 3.63) is 41.7 Å². The number of rotatable bonds is 10. The molecule has 4 fully saturated rings. The highest BCUT2D eigenvalue weighted by Gasteiger charge is 2.52. The van der Waals surface area contributed by atoms with Gasteiger partial charge in [0.1, 0.15) is 12.4 Å². The molecular weight excluding hydrogens is 423 g/mol. The first-order valence-electron chi connectivity index (χ1n) is 12.3. The minimum atomic E-state index is -0.221. The third-order valence-electron chi connectivity index (χ3n) is 7.94. The molecule has 3 N–H and O–H groups in total. The number of fused-ring (bicyclic) bond motifs is 3. The second-order valence-corrected chi connectivity index (χ2v) is 9.78. The minimum absolute atomic E-state index is 0.147. The van der Waals surface area contributed by atoms with Gasteiger partial charge in [-0.3, -0.25) is 4.79 Å². The first-order valence-corrected chi connectivity index (χ1v) is 12.3. The molecule has 2 bridgehead atoms. The molecule has 1 heterocycles. The Bertz CT molecular complexity index is 796. The van der Waals surface area contributed by atoms with Gasteiger partial charge in [-0.1, -0.05) is 12.1 Å². The predicted molar refractivity (Wildman–Crippen MR) is 125 cm³/mol. The average Bonchev–Trinajstić information content (AvgIpc) is 2.89. The summed E-state index contributed by atoms with van der Waals surface area (Å²) in [7, 11) is 0. The van der Waals surface area contributed by atoms with Crippen molar-refractivity contribution in [3.8, 4) is 5.75 Å². The van der Waals surface area contributed by atoms with Crippen molar-refractivity contribution in [1.82, 2.24) is 5.32 Å². The highest BCUT2D eigenvalue weighted by molar-refractivity contribution is 5.83. The van der Waals surface area contributed by atoms with Gasteiger partial charge in [0.25, 0.3) is 0 Å². The molecule has 0 radical (unpaired) electrons. The van der Waals surface area contributed by atoms with E-state index in [1.165, 1.54) is 5.56 Å². The fourth-order valence-electron chi connectivity index (χ4n) is 5.60. The van der Waals surface area contributed by atoms with E-state index in [1.54, 1.807) is 0 Å². The number of benzene rings is 1. The molecule has 6 nitrogen and oxygen atoms in total. The molecular formula is C26H37FN2O4. The SMILES string of the molecule is NCC(=CF)COc1ccc(C23CCC(C(=O)NCCOC4CCOCC4)(CC2)CC3)cc1. The van der Waals surface area contributed by atoms with Crippen LogP contribution in [-0.2, 0) is 19.7 Å². The molecule has 5 rings (SSSR count). The second-order valence-electron chi connectivity index (χ2n) is 9.78. The maximum Gasteiger partial charge on any atom is 0.226 e. The Morgan fingerprint density at radius 1 is 1.12 bits per heavy atom. The van der Waals surface area contributed by atoms with Crippen molar-refractivity contribution >= 4 is 5.91 Å². The van der Waals surface area contributed by atoms with Gasteiger partial charge in [0, 0.05) is 37.3 Å². The first-order chi connectivity index (χ1) is 16.1. The van der Waals surface area contributed by atoms with Gasteiger partial charge in [-0.15, -0.1) is 0 Å². The van der Waals surface area contributed by atoms with E-state index < -0.39 is 0 Å². The molecule has 1 aromatic carbocycles. The van der Waals surface area contributed by atoms with Gasteiger partial charge in [-0.2, -0.15) is 0 Å². The van der Waals surface area contributed by atoms with Crippen molar-refractivity contribution in [1.29, 1.82) is 0 Å². The molecule has 0 spiro atoms. The van der Waals surface area contributed by atoms with Crippen LogP contribution in [0.3, 0.4) is 0 Å². The van der Waals surface area contributed by atoms with Gasteiger partial charge >= 0.3 is 0 Å². The van der Waals surface area contributed by atoms with Gasteiger partial charge in [-0.05, 0) is 74.5 Å². The van der Waals surface area contributed by atoms with Crippen LogP contribution in [0, 0.1) is 5.41 Å². The van der Waals surface area contributed by atoms with Crippen LogP contribution < -0.4 is 15.8 Å². The first kappa shape index (κ1) is 24.2. The van der Waals surface area contributed by atoms with E-state index in [1.807, 2.05) is 12.1 Å². The zero-order valence-corrected chi connectivity index (χ0v) is 19.5. The second kappa shape index (κ2) is 11.0. The van der Waals surface area contributed by atoms with E-state index in [2.05, 4.69) is 17.4 Å². The van der Waals surface area contributed by atoms with E-state index in [4.69, 9.17) is 19.9 Å². The van der Waals surface area contributed by atoms with Crippen LogP contribution in [0.2, 0.25) is 0 Å². The largest absolute Gasteiger partial charge is 0.489 e. The van der Waals surface area contributed by atoms with Crippen LogP contribution in [-0.4, -0.2) is 51.5 Å². The molecule has 182 valence electrons. The van der Waals surface area contributed by atoms with Gasteiger partial charge in [0.05, 0.1) is 19.0 Å². The van der Waals surface area contributed by atoms with Gasteiger partial charge < -0.3 is 25.3 Å². The van der Waals surface area contributed by atoms with Crippen LogP contribution in [0.25, 0.3) is 0 Å². The summed E-state index contributed by atoms with van der Waals surface area (Å²) in [5.74, 6) is 0.915. The van der Waals surface area contributed by atoms with E-state index in [-0.39, 0.29) is 36.0 Å². The third-order valence-corrected chi connectivity index (χ3v) is 7.94. The Balaban J connectivity index is 1.25. The summed E-state index contributed by atoms with van der Waals surface area (Å²) in [6.45, 7) is 2.99. The number of nitrogens with one attached hydrogen (secondary N) is 1. The maximum absolute atomic E-state index is 13.0. The van der Waals surface area contributed by atoms with Crippen molar-refractivity contribution in [2.24, 2.45) is 11.1 Å². The average molecular weight is 461 g/mol. The molecule has 1 amide bonds. The number of nitrogens with two attached hydrogens (primary N) is 1. The van der Waals surface area contributed by atoms with Crippen molar-refractivity contribution in [2.45, 2.75) is 62.9 Å². The lowest BCUT2D eigenvalue weighted by atomic mass is 9.51. The van der Waals surface area contributed by atoms with E-state index in [0.29, 0.717) is 30.8 Å². The zero-order valence-electron chi connectivity index (χ0n) is 19.5. The molecule has 0 unspecified atom stereocenters. The molecule has 3 saturated carbocycles. The molecule has 0 aromatic heterocycles. The quantitative estimate of drug-likeness (QED) is 0.519. The fourth-order valence-corrected chi connectivity index (χ4v) is 5.60. The molecule has 1 saturated heterocycles. The van der Waals surface area contributed by atoms with E-state index >= 15 is 0 Å². The molecule has 3 aliphatic carbocycles. The Morgan fingerprint density at radius 2 is 1.79 bits per heavy atom. The number of amides is 1. The minimum Gasteiger partial charge on any atom is -0.489 e. The summed E-state index contributed by atoms with van der Waals surface area (Å²) in [5.41, 5.74) is 7.15. The van der Waals surface area contributed by atoms with Crippen molar-refractivity contribution in [2.75, 3.05) is 39.5 Å².